The number of anilines is 1. The van der Waals surface area contributed by atoms with E-state index in [9.17, 15) is 18.0 Å². The quantitative estimate of drug-likeness (QED) is 0.439. The third-order valence-electron chi connectivity index (χ3n) is 4.02. The van der Waals surface area contributed by atoms with Gasteiger partial charge in [0.1, 0.15) is 5.75 Å². The first-order valence-corrected chi connectivity index (χ1v) is 9.88. The summed E-state index contributed by atoms with van der Waals surface area (Å²) in [5.41, 5.74) is 2.95. The lowest BCUT2D eigenvalue weighted by atomic mass is 10.2. The van der Waals surface area contributed by atoms with Crippen molar-refractivity contribution in [1.29, 1.82) is 0 Å². The number of amides is 1. The van der Waals surface area contributed by atoms with Gasteiger partial charge >= 0.3 is 6.36 Å². The van der Waals surface area contributed by atoms with Crippen LogP contribution in [0.3, 0.4) is 0 Å². The highest BCUT2D eigenvalue weighted by atomic mass is 32.2. The topological polar surface area (TPSA) is 81.9 Å². The maximum atomic E-state index is 12.2. The van der Waals surface area contributed by atoms with Gasteiger partial charge < -0.3 is 10.1 Å². The maximum absolute atomic E-state index is 12.2. The van der Waals surface area contributed by atoms with Crippen molar-refractivity contribution in [2.45, 2.75) is 31.9 Å². The van der Waals surface area contributed by atoms with Gasteiger partial charge in [0.05, 0.1) is 17.6 Å². The minimum absolute atomic E-state index is 0.0391. The molecule has 0 aliphatic carbocycles. The summed E-state index contributed by atoms with van der Waals surface area (Å²) in [7, 11) is 0. The first-order valence-electron chi connectivity index (χ1n) is 8.89. The number of nitrogens with one attached hydrogen (secondary N) is 1. The molecule has 0 radical (unpaired) electrons. The average Bonchev–Trinajstić information content (AvgIpc) is 3.07. The molecule has 0 unspecified atom stereocenters. The molecule has 0 saturated carbocycles. The highest BCUT2D eigenvalue weighted by molar-refractivity contribution is 7.99. The highest BCUT2D eigenvalue weighted by Gasteiger charge is 2.30. The summed E-state index contributed by atoms with van der Waals surface area (Å²) in [5.74, 6) is -0.660. The van der Waals surface area contributed by atoms with Crippen LogP contribution in [-0.4, -0.2) is 37.8 Å². The van der Waals surface area contributed by atoms with Crippen LogP contribution in [0.2, 0.25) is 0 Å². The Balaban J connectivity index is 1.58. The molecular formula is C19H18F3N5O2S. The van der Waals surface area contributed by atoms with Gasteiger partial charge in [0.25, 0.3) is 0 Å². The highest BCUT2D eigenvalue weighted by Crippen LogP contribution is 2.25. The van der Waals surface area contributed by atoms with Crippen LogP contribution in [0.15, 0.2) is 47.9 Å². The van der Waals surface area contributed by atoms with Crippen LogP contribution >= 0.6 is 11.8 Å². The molecule has 1 aromatic carbocycles. The van der Waals surface area contributed by atoms with Gasteiger partial charge in [-0.2, -0.15) is 5.10 Å². The monoisotopic (exact) mass is 437 g/mol. The van der Waals surface area contributed by atoms with Gasteiger partial charge in [-0.1, -0.05) is 11.8 Å². The van der Waals surface area contributed by atoms with Crippen molar-refractivity contribution in [2.75, 3.05) is 11.1 Å². The lowest BCUT2D eigenvalue weighted by Crippen LogP contribution is -2.17. The Morgan fingerprint density at radius 1 is 1.23 bits per heavy atom. The summed E-state index contributed by atoms with van der Waals surface area (Å²) in [4.78, 5) is 20.8. The summed E-state index contributed by atoms with van der Waals surface area (Å²) < 4.78 is 42.2. The molecule has 1 N–H and O–H groups in total. The SMILES string of the molecule is CCn1ncc(-c2ccnc(SCC(=O)Nc3ccc(OC(F)(F)F)cc3)n2)c1C. The zero-order valence-electron chi connectivity index (χ0n) is 16.1. The number of aryl methyl sites for hydroxylation is 1. The second-order valence-electron chi connectivity index (χ2n) is 6.09. The zero-order chi connectivity index (χ0) is 21.7. The third kappa shape index (κ3) is 5.72. The lowest BCUT2D eigenvalue weighted by molar-refractivity contribution is -0.274. The smallest absolute Gasteiger partial charge is 0.406 e. The van der Waals surface area contributed by atoms with Gasteiger partial charge in [-0.15, -0.1) is 13.2 Å². The van der Waals surface area contributed by atoms with E-state index in [1.165, 1.54) is 12.1 Å². The van der Waals surface area contributed by atoms with E-state index in [0.29, 0.717) is 16.5 Å². The summed E-state index contributed by atoms with van der Waals surface area (Å²) in [5, 5.41) is 7.33. The van der Waals surface area contributed by atoms with E-state index in [1.54, 1.807) is 18.5 Å². The molecule has 3 aromatic rings. The molecule has 0 fully saturated rings. The van der Waals surface area contributed by atoms with Crippen molar-refractivity contribution in [3.05, 3.63) is 48.4 Å². The van der Waals surface area contributed by atoms with Crippen LogP contribution in [0.5, 0.6) is 5.75 Å². The Bertz CT molecular complexity index is 1020. The molecule has 0 bridgehead atoms. The number of aromatic nitrogens is 4. The van der Waals surface area contributed by atoms with E-state index >= 15 is 0 Å². The molecule has 0 aliphatic heterocycles. The fraction of sp³-hybridized carbons (Fsp3) is 0.263. The summed E-state index contributed by atoms with van der Waals surface area (Å²) >= 11 is 1.15. The number of rotatable bonds is 7. The Morgan fingerprint density at radius 2 is 1.97 bits per heavy atom. The Kier molecular flexibility index (Phi) is 6.60. The van der Waals surface area contributed by atoms with Crippen molar-refractivity contribution >= 4 is 23.4 Å². The number of nitrogens with zero attached hydrogens (tertiary/aromatic N) is 4. The second kappa shape index (κ2) is 9.16. The van der Waals surface area contributed by atoms with Crippen LogP contribution in [-0.2, 0) is 11.3 Å². The first kappa shape index (κ1) is 21.6. The summed E-state index contributed by atoms with van der Waals surface area (Å²) in [6.45, 7) is 4.71. The van der Waals surface area contributed by atoms with Crippen LogP contribution in [0.25, 0.3) is 11.3 Å². The van der Waals surface area contributed by atoms with Crippen molar-refractivity contribution in [3.8, 4) is 17.0 Å². The van der Waals surface area contributed by atoms with Gasteiger partial charge in [-0.05, 0) is 44.2 Å². The molecule has 30 heavy (non-hydrogen) atoms. The van der Waals surface area contributed by atoms with Gasteiger partial charge in [-0.25, -0.2) is 9.97 Å². The Morgan fingerprint density at radius 3 is 2.60 bits per heavy atom. The molecule has 1 amide bonds. The summed E-state index contributed by atoms with van der Waals surface area (Å²) in [6.07, 6.45) is -1.40. The predicted octanol–water partition coefficient (Wildman–Crippen LogP) is 4.30. The normalized spacial score (nSPS) is 11.4. The molecule has 2 heterocycles. The minimum atomic E-state index is -4.76. The predicted molar refractivity (Wildman–Crippen MR) is 106 cm³/mol. The van der Waals surface area contributed by atoms with Gasteiger partial charge in [-0.3, -0.25) is 9.48 Å². The molecular weight excluding hydrogens is 419 g/mol. The van der Waals surface area contributed by atoms with Crippen LogP contribution in [0.4, 0.5) is 18.9 Å². The number of alkyl halides is 3. The second-order valence-corrected chi connectivity index (χ2v) is 7.04. The Labute approximate surface area is 174 Å². The zero-order valence-corrected chi connectivity index (χ0v) is 16.9. The van der Waals surface area contributed by atoms with Gasteiger partial charge in [0, 0.05) is 29.7 Å². The molecule has 0 aliphatic rings. The maximum Gasteiger partial charge on any atom is 0.573 e. The molecule has 2 aromatic heterocycles. The molecule has 11 heteroatoms. The van der Waals surface area contributed by atoms with E-state index in [2.05, 4.69) is 25.1 Å². The van der Waals surface area contributed by atoms with E-state index < -0.39 is 6.36 Å². The fourth-order valence-electron chi connectivity index (χ4n) is 2.64. The number of thioether (sulfide) groups is 1. The molecule has 7 nitrogen and oxygen atoms in total. The van der Waals surface area contributed by atoms with E-state index in [4.69, 9.17) is 0 Å². The number of benzene rings is 1. The van der Waals surface area contributed by atoms with Crippen LogP contribution < -0.4 is 10.1 Å². The van der Waals surface area contributed by atoms with Gasteiger partial charge in [0.15, 0.2) is 5.16 Å². The largest absolute Gasteiger partial charge is 0.573 e. The van der Waals surface area contributed by atoms with Crippen molar-refractivity contribution < 1.29 is 22.7 Å². The number of carbonyl (C=O) groups is 1. The average molecular weight is 437 g/mol. The van der Waals surface area contributed by atoms with Crippen molar-refractivity contribution in [2.24, 2.45) is 0 Å². The molecule has 158 valence electrons. The van der Waals surface area contributed by atoms with E-state index in [-0.39, 0.29) is 17.4 Å². The van der Waals surface area contributed by atoms with E-state index in [1.807, 2.05) is 18.5 Å². The van der Waals surface area contributed by atoms with Gasteiger partial charge in [0.2, 0.25) is 5.91 Å². The number of halogens is 3. The number of carbonyl (C=O) groups excluding carboxylic acids is 1. The molecule has 0 atom stereocenters. The van der Waals surface area contributed by atoms with Crippen molar-refractivity contribution in [3.63, 3.8) is 0 Å². The third-order valence-corrected chi connectivity index (χ3v) is 4.88. The van der Waals surface area contributed by atoms with Crippen LogP contribution in [0, 0.1) is 6.92 Å². The van der Waals surface area contributed by atoms with Crippen molar-refractivity contribution in [1.82, 2.24) is 19.7 Å². The minimum Gasteiger partial charge on any atom is -0.406 e. The molecule has 3 rings (SSSR count). The Hall–Kier alpha value is -3.08. The number of hydrogen-bond acceptors (Lipinski definition) is 6. The first-order chi connectivity index (χ1) is 14.2. The lowest BCUT2D eigenvalue weighted by Gasteiger charge is -2.10. The molecule has 0 saturated heterocycles. The molecule has 0 spiro atoms. The standard InChI is InChI=1S/C19H18F3N5O2S/c1-3-27-12(2)15(10-24-27)16-8-9-23-18(26-16)30-11-17(28)25-13-4-6-14(7-5-13)29-19(20,21)22/h4-10H,3,11H2,1-2H3,(H,25,28). The number of ether oxygens (including phenoxy) is 1. The van der Waals surface area contributed by atoms with Crippen LogP contribution in [0.1, 0.15) is 12.6 Å². The van der Waals surface area contributed by atoms with E-state index in [0.717, 1.165) is 41.7 Å². The number of hydrogen-bond donors (Lipinski definition) is 1. The summed E-state index contributed by atoms with van der Waals surface area (Å²) in [6, 6.07) is 6.69. The fourth-order valence-corrected chi connectivity index (χ4v) is 3.27.